The van der Waals surface area contributed by atoms with Crippen LogP contribution in [0, 0.1) is 0 Å². The van der Waals surface area contributed by atoms with Gasteiger partial charge in [-0.25, -0.2) is 0 Å². The van der Waals surface area contributed by atoms with Gasteiger partial charge in [0.15, 0.2) is 0 Å². The van der Waals surface area contributed by atoms with Crippen LogP contribution in [0.3, 0.4) is 0 Å². The third kappa shape index (κ3) is 3.03. The summed E-state index contributed by atoms with van der Waals surface area (Å²) in [5.41, 5.74) is -0.708. The first-order chi connectivity index (χ1) is 8.62. The lowest BCUT2D eigenvalue weighted by molar-refractivity contribution is -0.148. The van der Waals surface area contributed by atoms with E-state index in [9.17, 15) is 4.79 Å². The van der Waals surface area contributed by atoms with Crippen molar-refractivity contribution in [2.75, 3.05) is 13.2 Å². The number of hydrogen-bond donors (Lipinski definition) is 2. The molecule has 0 unspecified atom stereocenters. The highest BCUT2D eigenvalue weighted by atomic mass is 79.9. The minimum Gasteiger partial charge on any atom is -0.492 e. The Kier molecular flexibility index (Phi) is 4.24. The van der Waals surface area contributed by atoms with E-state index < -0.39 is 11.5 Å². The van der Waals surface area contributed by atoms with E-state index in [0.29, 0.717) is 26.0 Å². The lowest BCUT2D eigenvalue weighted by Crippen LogP contribution is -2.57. The Balaban J connectivity index is 1.74. The molecule has 2 N–H and O–H groups in total. The molecule has 1 saturated carbocycles. The number of halogens is 1. The molecule has 0 spiro atoms. The van der Waals surface area contributed by atoms with Gasteiger partial charge in [0.2, 0.25) is 0 Å². The Bertz CT molecular complexity index is 432. The van der Waals surface area contributed by atoms with Gasteiger partial charge in [-0.15, -0.1) is 0 Å². The molecule has 0 amide bonds. The molecule has 1 aliphatic rings. The number of hydrogen-bond acceptors (Lipinski definition) is 3. The van der Waals surface area contributed by atoms with Crippen molar-refractivity contribution >= 4 is 21.9 Å². The lowest BCUT2D eigenvalue weighted by atomic mass is 9.77. The second-order valence-corrected chi connectivity index (χ2v) is 5.39. The summed E-state index contributed by atoms with van der Waals surface area (Å²) in [6.07, 6.45) is 2.39. The second-order valence-electron chi connectivity index (χ2n) is 4.47. The molecule has 5 heteroatoms. The average Bonchev–Trinajstić information content (AvgIpc) is 2.26. The molecule has 1 aromatic rings. The van der Waals surface area contributed by atoms with Crippen LogP contribution in [0.5, 0.6) is 5.75 Å². The van der Waals surface area contributed by atoms with E-state index in [0.717, 1.165) is 16.6 Å². The monoisotopic (exact) mass is 313 g/mol. The maximum Gasteiger partial charge on any atom is 0.323 e. The molecule has 0 radical (unpaired) electrons. The topological polar surface area (TPSA) is 58.6 Å². The first-order valence-electron chi connectivity index (χ1n) is 5.99. The van der Waals surface area contributed by atoms with Crippen LogP contribution >= 0.6 is 15.9 Å². The summed E-state index contributed by atoms with van der Waals surface area (Å²) in [7, 11) is 0. The Morgan fingerprint density at radius 2 is 2.28 bits per heavy atom. The fourth-order valence-corrected chi connectivity index (χ4v) is 2.39. The largest absolute Gasteiger partial charge is 0.492 e. The van der Waals surface area contributed by atoms with Crippen molar-refractivity contribution in [1.82, 2.24) is 5.32 Å². The van der Waals surface area contributed by atoms with Gasteiger partial charge in [0.1, 0.15) is 17.9 Å². The van der Waals surface area contributed by atoms with Crippen molar-refractivity contribution in [3.63, 3.8) is 0 Å². The van der Waals surface area contributed by atoms with E-state index in [1.54, 1.807) is 0 Å². The van der Waals surface area contributed by atoms with Gasteiger partial charge < -0.3 is 9.84 Å². The number of carboxylic acids is 1. The highest BCUT2D eigenvalue weighted by molar-refractivity contribution is 9.10. The van der Waals surface area contributed by atoms with Crippen LogP contribution < -0.4 is 10.1 Å². The van der Waals surface area contributed by atoms with Gasteiger partial charge in [-0.05, 0) is 37.5 Å². The van der Waals surface area contributed by atoms with Crippen LogP contribution in [-0.4, -0.2) is 29.8 Å². The summed E-state index contributed by atoms with van der Waals surface area (Å²) in [6, 6.07) is 7.59. The highest BCUT2D eigenvalue weighted by Gasteiger charge is 2.43. The van der Waals surface area contributed by atoms with Gasteiger partial charge in [0, 0.05) is 11.0 Å². The molecule has 0 atom stereocenters. The number of carbonyl (C=O) groups is 1. The number of aliphatic carboxylic acids is 1. The number of ether oxygens (including phenoxy) is 1. The number of carboxylic acid groups (broad SMARTS) is 1. The smallest absolute Gasteiger partial charge is 0.323 e. The van der Waals surface area contributed by atoms with Gasteiger partial charge in [-0.1, -0.05) is 22.0 Å². The number of nitrogens with one attached hydrogen (secondary N) is 1. The van der Waals surface area contributed by atoms with Crippen LogP contribution in [0.1, 0.15) is 19.3 Å². The van der Waals surface area contributed by atoms with Gasteiger partial charge in [0.25, 0.3) is 0 Å². The standard InChI is InChI=1S/C13H16BrNO3/c14-10-3-1-4-11(9-10)18-8-7-15-13(12(16)17)5-2-6-13/h1,3-4,9,15H,2,5-8H2,(H,16,17). The molecule has 1 fully saturated rings. The molecule has 0 saturated heterocycles. The van der Waals surface area contributed by atoms with Crippen LogP contribution in [-0.2, 0) is 4.79 Å². The maximum atomic E-state index is 11.1. The van der Waals surface area contributed by atoms with E-state index in [2.05, 4.69) is 21.2 Å². The molecule has 98 valence electrons. The van der Waals surface area contributed by atoms with E-state index in [-0.39, 0.29) is 0 Å². The van der Waals surface area contributed by atoms with Gasteiger partial charge in [0.05, 0.1) is 0 Å². The fourth-order valence-electron chi connectivity index (χ4n) is 2.01. The predicted octanol–water partition coefficient (Wildman–Crippen LogP) is 2.42. The zero-order valence-corrected chi connectivity index (χ0v) is 11.6. The second kappa shape index (κ2) is 5.71. The van der Waals surface area contributed by atoms with Crippen molar-refractivity contribution < 1.29 is 14.6 Å². The molecule has 0 heterocycles. The Hall–Kier alpha value is -1.07. The van der Waals surface area contributed by atoms with Gasteiger partial charge in [-0.3, -0.25) is 10.1 Å². The average molecular weight is 314 g/mol. The zero-order chi connectivity index (χ0) is 13.0. The lowest BCUT2D eigenvalue weighted by Gasteiger charge is -2.38. The van der Waals surface area contributed by atoms with Crippen molar-refractivity contribution in [3.8, 4) is 5.75 Å². The van der Waals surface area contributed by atoms with Crippen molar-refractivity contribution in [2.45, 2.75) is 24.8 Å². The maximum absolute atomic E-state index is 11.1. The molecule has 1 aromatic carbocycles. The first kappa shape index (κ1) is 13.4. The molecule has 0 aromatic heterocycles. The minimum atomic E-state index is -0.754. The first-order valence-corrected chi connectivity index (χ1v) is 6.78. The minimum absolute atomic E-state index is 0.464. The molecule has 2 rings (SSSR count). The molecule has 4 nitrogen and oxygen atoms in total. The summed E-state index contributed by atoms with van der Waals surface area (Å²) in [6.45, 7) is 1.00. The van der Waals surface area contributed by atoms with Crippen LogP contribution in [0.15, 0.2) is 28.7 Å². The van der Waals surface area contributed by atoms with E-state index in [4.69, 9.17) is 9.84 Å². The van der Waals surface area contributed by atoms with E-state index in [1.165, 1.54) is 0 Å². The van der Waals surface area contributed by atoms with E-state index in [1.807, 2.05) is 24.3 Å². The highest BCUT2D eigenvalue weighted by Crippen LogP contribution is 2.31. The van der Waals surface area contributed by atoms with Crippen LogP contribution in [0.25, 0.3) is 0 Å². The molecule has 1 aliphatic carbocycles. The Morgan fingerprint density at radius 3 is 2.83 bits per heavy atom. The van der Waals surface area contributed by atoms with Gasteiger partial charge in [-0.2, -0.15) is 0 Å². The summed E-state index contributed by atoms with van der Waals surface area (Å²) in [4.78, 5) is 11.1. The molecular weight excluding hydrogens is 298 g/mol. The Labute approximate surface area is 114 Å². The third-order valence-electron chi connectivity index (χ3n) is 3.25. The molecule has 18 heavy (non-hydrogen) atoms. The summed E-state index contributed by atoms with van der Waals surface area (Å²) in [5, 5.41) is 12.2. The molecule has 0 aliphatic heterocycles. The fraction of sp³-hybridized carbons (Fsp3) is 0.462. The SMILES string of the molecule is O=C(O)C1(NCCOc2cccc(Br)c2)CCC1. The third-order valence-corrected chi connectivity index (χ3v) is 3.74. The summed E-state index contributed by atoms with van der Waals surface area (Å²) >= 11 is 3.37. The zero-order valence-electron chi connectivity index (χ0n) is 9.99. The van der Waals surface area contributed by atoms with E-state index >= 15 is 0 Å². The molecule has 0 bridgehead atoms. The van der Waals surface area contributed by atoms with Crippen molar-refractivity contribution in [2.24, 2.45) is 0 Å². The molecular formula is C13H16BrNO3. The number of benzene rings is 1. The summed E-state index contributed by atoms with van der Waals surface area (Å²) in [5.74, 6) is 0.0281. The van der Waals surface area contributed by atoms with Crippen molar-refractivity contribution in [1.29, 1.82) is 0 Å². The van der Waals surface area contributed by atoms with Gasteiger partial charge >= 0.3 is 5.97 Å². The quantitative estimate of drug-likeness (QED) is 0.792. The predicted molar refractivity (Wildman–Crippen MR) is 71.9 cm³/mol. The van der Waals surface area contributed by atoms with Crippen molar-refractivity contribution in [3.05, 3.63) is 28.7 Å². The van der Waals surface area contributed by atoms with Crippen LogP contribution in [0.2, 0.25) is 0 Å². The van der Waals surface area contributed by atoms with Crippen LogP contribution in [0.4, 0.5) is 0 Å². The number of rotatable bonds is 6. The Morgan fingerprint density at radius 1 is 1.50 bits per heavy atom. The normalized spacial score (nSPS) is 16.9. The summed E-state index contributed by atoms with van der Waals surface area (Å²) < 4.78 is 6.51.